The number of rotatable bonds is 2. The standard InChI is InChI=1S/C16H19.ClH.Ti/c1-2-8-13(7-1)15-11-5-6-12-16(15)14-9-3-4-10-14;;/h1-4,7,9,15H,5-6,8,10-12H2;1H;/q;;+1/p-1. The molecule has 0 amide bonds. The van der Waals surface area contributed by atoms with E-state index < -0.39 is 0 Å². The zero-order chi connectivity index (χ0) is 11.7. The summed E-state index contributed by atoms with van der Waals surface area (Å²) in [5, 5.41) is 0. The zero-order valence-corrected chi connectivity index (χ0v) is 13.0. The van der Waals surface area contributed by atoms with Gasteiger partial charge in [-0.1, -0.05) is 0 Å². The van der Waals surface area contributed by atoms with Crippen molar-refractivity contribution in [2.45, 2.75) is 42.2 Å². The van der Waals surface area contributed by atoms with Gasteiger partial charge in [-0.3, -0.25) is 0 Å². The van der Waals surface area contributed by atoms with Gasteiger partial charge < -0.3 is 12.4 Å². The summed E-state index contributed by atoms with van der Waals surface area (Å²) in [5.74, 6) is 0.789. The predicted octanol–water partition coefficient (Wildman–Crippen LogP) is 1.66. The zero-order valence-electron chi connectivity index (χ0n) is 10.7. The number of allylic oxidation sites excluding steroid dienone is 8. The van der Waals surface area contributed by atoms with E-state index in [4.69, 9.17) is 0 Å². The Balaban J connectivity index is 0.00000120. The molecular weight excluding hydrogens is 275 g/mol. The normalized spacial score (nSPS) is 34.1. The first-order valence-corrected chi connectivity index (χ1v) is 7.55. The van der Waals surface area contributed by atoms with Gasteiger partial charge >= 0.3 is 116 Å². The molecule has 2 heteroatoms. The quantitative estimate of drug-likeness (QED) is 0.680. The molecule has 2 atom stereocenters. The van der Waals surface area contributed by atoms with Gasteiger partial charge in [0.05, 0.1) is 0 Å². The van der Waals surface area contributed by atoms with Gasteiger partial charge in [-0.25, -0.2) is 0 Å². The molecule has 0 bridgehead atoms. The van der Waals surface area contributed by atoms with Crippen LogP contribution in [-0.4, -0.2) is 0 Å². The second-order valence-corrected chi connectivity index (χ2v) is 6.86. The van der Waals surface area contributed by atoms with Crippen molar-refractivity contribution < 1.29 is 32.8 Å². The first-order valence-electron chi connectivity index (χ1n) is 6.77. The van der Waals surface area contributed by atoms with Crippen molar-refractivity contribution in [2.75, 3.05) is 0 Å². The summed E-state index contributed by atoms with van der Waals surface area (Å²) in [4.78, 5) is 0. The van der Waals surface area contributed by atoms with Crippen molar-refractivity contribution in [3.05, 3.63) is 47.6 Å². The van der Waals surface area contributed by atoms with Crippen molar-refractivity contribution in [3.8, 4) is 0 Å². The van der Waals surface area contributed by atoms with Crippen LogP contribution in [0.4, 0.5) is 0 Å². The van der Waals surface area contributed by atoms with E-state index >= 15 is 0 Å². The summed E-state index contributed by atoms with van der Waals surface area (Å²) >= 11 is 2.51. The van der Waals surface area contributed by atoms with Crippen LogP contribution in [0.15, 0.2) is 47.6 Å². The number of hydrogen-bond donors (Lipinski definition) is 0. The minimum absolute atomic E-state index is 0. The second-order valence-electron chi connectivity index (χ2n) is 5.47. The molecule has 0 heterocycles. The molecule has 0 aromatic carbocycles. The van der Waals surface area contributed by atoms with Crippen LogP contribution in [0.5, 0.6) is 0 Å². The Labute approximate surface area is 128 Å². The van der Waals surface area contributed by atoms with Crippen LogP contribution >= 0.6 is 0 Å². The first-order chi connectivity index (χ1) is 8.31. The Kier molecular flexibility index (Phi) is 4.75. The van der Waals surface area contributed by atoms with E-state index in [-0.39, 0.29) is 12.4 Å². The molecule has 1 fully saturated rings. The molecule has 1 saturated carbocycles. The summed E-state index contributed by atoms with van der Waals surface area (Å²) in [6.45, 7) is 0. The molecule has 0 nitrogen and oxygen atoms in total. The Morgan fingerprint density at radius 3 is 2.50 bits per heavy atom. The molecule has 0 aliphatic heterocycles. The van der Waals surface area contributed by atoms with E-state index in [2.05, 4.69) is 56.9 Å². The van der Waals surface area contributed by atoms with Crippen molar-refractivity contribution in [1.29, 1.82) is 0 Å². The summed E-state index contributed by atoms with van der Waals surface area (Å²) < 4.78 is 0.430. The molecule has 0 radical (unpaired) electrons. The molecular formula is C16H19ClTi. The van der Waals surface area contributed by atoms with E-state index in [0.29, 0.717) is 3.72 Å². The Morgan fingerprint density at radius 2 is 1.83 bits per heavy atom. The summed E-state index contributed by atoms with van der Waals surface area (Å²) in [6, 6.07) is 0. The van der Waals surface area contributed by atoms with Crippen LogP contribution < -0.4 is 12.4 Å². The average Bonchev–Trinajstić information content (AvgIpc) is 3.03. The van der Waals surface area contributed by atoms with Gasteiger partial charge in [-0.15, -0.1) is 0 Å². The Morgan fingerprint density at radius 1 is 1.06 bits per heavy atom. The third-order valence-corrected chi connectivity index (χ3v) is 5.94. The Bertz CT molecular complexity index is 430. The van der Waals surface area contributed by atoms with E-state index in [1.807, 2.05) is 0 Å². The molecule has 3 rings (SSSR count). The van der Waals surface area contributed by atoms with E-state index in [0.717, 1.165) is 5.92 Å². The van der Waals surface area contributed by atoms with Crippen molar-refractivity contribution in [3.63, 3.8) is 0 Å². The molecule has 0 aromatic rings. The molecule has 0 aromatic heterocycles. The maximum atomic E-state index is 2.51. The van der Waals surface area contributed by atoms with E-state index in [1.165, 1.54) is 38.5 Å². The van der Waals surface area contributed by atoms with Crippen molar-refractivity contribution in [1.82, 2.24) is 0 Å². The fourth-order valence-electron chi connectivity index (χ4n) is 3.56. The first kappa shape index (κ1) is 14.4. The second kappa shape index (κ2) is 5.95. The van der Waals surface area contributed by atoms with Gasteiger partial charge in [0.15, 0.2) is 0 Å². The summed E-state index contributed by atoms with van der Waals surface area (Å²) in [5.41, 5.74) is 3.36. The fraction of sp³-hybridized carbons (Fsp3) is 0.500. The van der Waals surface area contributed by atoms with Crippen LogP contribution in [0.3, 0.4) is 0 Å². The van der Waals surface area contributed by atoms with Gasteiger partial charge in [0.2, 0.25) is 0 Å². The van der Waals surface area contributed by atoms with Gasteiger partial charge in [-0.2, -0.15) is 0 Å². The third-order valence-electron chi connectivity index (χ3n) is 4.50. The predicted molar refractivity (Wildman–Crippen MR) is 68.3 cm³/mol. The van der Waals surface area contributed by atoms with E-state index in [9.17, 15) is 0 Å². The molecule has 0 N–H and O–H groups in total. The van der Waals surface area contributed by atoms with Gasteiger partial charge in [0.1, 0.15) is 0 Å². The molecule has 94 valence electrons. The summed E-state index contributed by atoms with van der Waals surface area (Å²) in [6.07, 6.45) is 21.8. The van der Waals surface area contributed by atoms with Crippen molar-refractivity contribution >= 4 is 0 Å². The number of halogens is 1. The van der Waals surface area contributed by atoms with E-state index in [1.54, 1.807) is 11.1 Å². The summed E-state index contributed by atoms with van der Waals surface area (Å²) in [7, 11) is 0. The van der Waals surface area contributed by atoms with Crippen LogP contribution in [0.1, 0.15) is 38.5 Å². The fourth-order valence-corrected chi connectivity index (χ4v) is 4.64. The average molecular weight is 295 g/mol. The molecule has 18 heavy (non-hydrogen) atoms. The number of hydrogen-bond acceptors (Lipinski definition) is 0. The molecule has 3 aliphatic carbocycles. The monoisotopic (exact) mass is 294 g/mol. The van der Waals surface area contributed by atoms with Crippen LogP contribution in [-0.2, 0) is 20.4 Å². The maximum absolute atomic E-state index is 2.51. The van der Waals surface area contributed by atoms with Crippen LogP contribution in [0.25, 0.3) is 0 Å². The third kappa shape index (κ3) is 2.48. The van der Waals surface area contributed by atoms with Crippen LogP contribution in [0, 0.1) is 5.92 Å². The van der Waals surface area contributed by atoms with Gasteiger partial charge in [0, 0.05) is 0 Å². The van der Waals surface area contributed by atoms with Crippen LogP contribution in [0.2, 0.25) is 3.72 Å². The Hall–Kier alpha value is -0.0357. The topological polar surface area (TPSA) is 0 Å². The molecule has 0 saturated heterocycles. The molecule has 2 unspecified atom stereocenters. The SMILES string of the molecule is [Cl-].[Ti+][C]1(C2=CC=CC2)CCCCC1C1=CC=CC1. The van der Waals surface area contributed by atoms with Gasteiger partial charge in [0.25, 0.3) is 0 Å². The minimum atomic E-state index is 0. The molecule has 0 spiro atoms. The van der Waals surface area contributed by atoms with Gasteiger partial charge in [-0.05, 0) is 0 Å². The molecule has 3 aliphatic rings. The van der Waals surface area contributed by atoms with Crippen molar-refractivity contribution in [2.24, 2.45) is 5.92 Å².